The number of hydrogen-bond donors (Lipinski definition) is 2. The molecule has 0 aliphatic heterocycles. The molecule has 6 nitrogen and oxygen atoms in total. The van der Waals surface area contributed by atoms with Gasteiger partial charge in [-0.15, -0.1) is 11.8 Å². The van der Waals surface area contributed by atoms with Crippen LogP contribution < -0.4 is 11.1 Å². The van der Waals surface area contributed by atoms with Crippen LogP contribution in [0.5, 0.6) is 0 Å². The van der Waals surface area contributed by atoms with Gasteiger partial charge >= 0.3 is 12.0 Å². The van der Waals surface area contributed by atoms with Crippen LogP contribution in [0.25, 0.3) is 0 Å². The van der Waals surface area contributed by atoms with Crippen LogP contribution in [0.3, 0.4) is 0 Å². The molecule has 2 atom stereocenters. The molecule has 3 amide bonds. The number of benzene rings is 2. The number of imide groups is 1. The van der Waals surface area contributed by atoms with Crippen molar-refractivity contribution in [1.29, 1.82) is 0 Å². The lowest BCUT2D eigenvalue weighted by Gasteiger charge is -2.23. The summed E-state index contributed by atoms with van der Waals surface area (Å²) < 4.78 is 5.48. The SMILES string of the molecule is CC(C)[C@H](OC(=O)[C@H](Sc1ccccc1)c1ccccc1)C(=O)NC(N)=O. The van der Waals surface area contributed by atoms with E-state index in [-0.39, 0.29) is 5.92 Å². The summed E-state index contributed by atoms with van der Waals surface area (Å²) in [6.07, 6.45) is -1.12. The van der Waals surface area contributed by atoms with Gasteiger partial charge in [0.15, 0.2) is 6.10 Å². The van der Waals surface area contributed by atoms with Crippen molar-refractivity contribution in [2.24, 2.45) is 11.7 Å². The lowest BCUT2D eigenvalue weighted by Crippen LogP contribution is -2.46. The van der Waals surface area contributed by atoms with E-state index in [9.17, 15) is 14.4 Å². The molecule has 3 N–H and O–H groups in total. The number of carbonyl (C=O) groups is 3. The Hall–Kier alpha value is -2.80. The first kappa shape index (κ1) is 20.5. The smallest absolute Gasteiger partial charge is 0.324 e. The maximum absolute atomic E-state index is 12.9. The summed E-state index contributed by atoms with van der Waals surface area (Å²) in [4.78, 5) is 36.9. The fraction of sp³-hybridized carbons (Fsp3) is 0.250. The summed E-state index contributed by atoms with van der Waals surface area (Å²) in [6, 6.07) is 17.6. The molecular formula is C20H22N2O4S. The molecule has 0 bridgehead atoms. The molecule has 7 heteroatoms. The largest absolute Gasteiger partial charge is 0.451 e. The van der Waals surface area contributed by atoms with Crippen LogP contribution in [0.15, 0.2) is 65.6 Å². The van der Waals surface area contributed by atoms with Crippen molar-refractivity contribution in [2.45, 2.75) is 30.1 Å². The molecule has 0 aliphatic carbocycles. The molecule has 0 aliphatic rings. The fourth-order valence-electron chi connectivity index (χ4n) is 2.39. The Morgan fingerprint density at radius 2 is 1.52 bits per heavy atom. The number of esters is 1. The number of rotatable bonds is 7. The molecule has 0 radical (unpaired) electrons. The lowest BCUT2D eigenvalue weighted by atomic mass is 10.1. The Balaban J connectivity index is 2.24. The maximum atomic E-state index is 12.9. The number of urea groups is 1. The number of primary amides is 1. The second-order valence-corrected chi connectivity index (χ2v) is 7.36. The molecule has 0 heterocycles. The minimum Gasteiger partial charge on any atom is -0.451 e. The first-order valence-corrected chi connectivity index (χ1v) is 9.34. The highest BCUT2D eigenvalue weighted by molar-refractivity contribution is 8.00. The Bertz CT molecular complexity index is 781. The van der Waals surface area contributed by atoms with E-state index in [4.69, 9.17) is 10.5 Å². The van der Waals surface area contributed by atoms with Crippen LogP contribution in [0, 0.1) is 5.92 Å². The quantitative estimate of drug-likeness (QED) is 0.562. The van der Waals surface area contributed by atoms with Crippen molar-refractivity contribution in [3.63, 3.8) is 0 Å². The van der Waals surface area contributed by atoms with Gasteiger partial charge in [0.05, 0.1) is 0 Å². The Labute approximate surface area is 162 Å². The highest BCUT2D eigenvalue weighted by Crippen LogP contribution is 2.36. The molecule has 27 heavy (non-hydrogen) atoms. The van der Waals surface area contributed by atoms with Crippen molar-refractivity contribution in [3.8, 4) is 0 Å². The molecule has 2 aromatic carbocycles. The van der Waals surface area contributed by atoms with Crippen molar-refractivity contribution < 1.29 is 19.1 Å². The van der Waals surface area contributed by atoms with E-state index >= 15 is 0 Å². The monoisotopic (exact) mass is 386 g/mol. The van der Waals surface area contributed by atoms with Crippen molar-refractivity contribution in [1.82, 2.24) is 5.32 Å². The molecular weight excluding hydrogens is 364 g/mol. The van der Waals surface area contributed by atoms with Gasteiger partial charge in [-0.05, 0) is 23.6 Å². The summed E-state index contributed by atoms with van der Waals surface area (Å²) in [5.41, 5.74) is 5.76. The zero-order valence-corrected chi connectivity index (χ0v) is 15.9. The first-order chi connectivity index (χ1) is 12.9. The third kappa shape index (κ3) is 6.14. The van der Waals surface area contributed by atoms with Crippen LogP contribution in [0.2, 0.25) is 0 Å². The predicted octanol–water partition coefficient (Wildman–Crippen LogP) is 3.28. The van der Waals surface area contributed by atoms with Crippen molar-refractivity contribution in [3.05, 3.63) is 66.2 Å². The standard InChI is InChI=1S/C20H22N2O4S/c1-13(2)16(18(23)22-20(21)25)26-19(24)17(14-9-5-3-6-10-14)27-15-11-7-4-8-12-15/h3-13,16-17H,1-2H3,(H3,21,22,23,25)/t16-,17+/m0/s1. The molecule has 2 aromatic rings. The van der Waals surface area contributed by atoms with E-state index in [0.717, 1.165) is 10.5 Å². The fourth-order valence-corrected chi connectivity index (χ4v) is 3.42. The van der Waals surface area contributed by atoms with Gasteiger partial charge in [-0.1, -0.05) is 62.4 Å². The average molecular weight is 386 g/mol. The van der Waals surface area contributed by atoms with E-state index in [2.05, 4.69) is 0 Å². The van der Waals surface area contributed by atoms with Crippen LogP contribution in [-0.2, 0) is 14.3 Å². The third-order valence-corrected chi connectivity index (χ3v) is 4.91. The first-order valence-electron chi connectivity index (χ1n) is 8.46. The second-order valence-electron chi connectivity index (χ2n) is 6.18. The van der Waals surface area contributed by atoms with Crippen LogP contribution in [-0.4, -0.2) is 24.0 Å². The number of amides is 3. The van der Waals surface area contributed by atoms with Gasteiger partial charge in [0.1, 0.15) is 5.25 Å². The summed E-state index contributed by atoms with van der Waals surface area (Å²) in [5, 5.41) is 1.32. The summed E-state index contributed by atoms with van der Waals surface area (Å²) in [5.74, 6) is -1.62. The van der Waals surface area contributed by atoms with E-state index in [1.807, 2.05) is 66.0 Å². The van der Waals surface area contributed by atoms with Gasteiger partial charge in [-0.2, -0.15) is 0 Å². The molecule has 0 aromatic heterocycles. The van der Waals surface area contributed by atoms with Gasteiger partial charge < -0.3 is 10.5 Å². The zero-order valence-electron chi connectivity index (χ0n) is 15.1. The molecule has 0 fully saturated rings. The normalized spacial score (nSPS) is 12.9. The molecule has 0 saturated heterocycles. The Kier molecular flexibility index (Phi) is 7.43. The van der Waals surface area contributed by atoms with Gasteiger partial charge in [0, 0.05) is 4.90 Å². The molecule has 2 rings (SSSR count). The second kappa shape index (κ2) is 9.78. The van der Waals surface area contributed by atoms with Gasteiger partial charge in [0.2, 0.25) is 0 Å². The highest BCUT2D eigenvalue weighted by Gasteiger charge is 2.32. The highest BCUT2D eigenvalue weighted by atomic mass is 32.2. The zero-order chi connectivity index (χ0) is 19.8. The Morgan fingerprint density at radius 1 is 0.963 bits per heavy atom. The van der Waals surface area contributed by atoms with Crippen LogP contribution >= 0.6 is 11.8 Å². The van der Waals surface area contributed by atoms with Crippen molar-refractivity contribution >= 4 is 29.7 Å². The maximum Gasteiger partial charge on any atom is 0.324 e. The van der Waals surface area contributed by atoms with Crippen molar-refractivity contribution in [2.75, 3.05) is 0 Å². The van der Waals surface area contributed by atoms with E-state index in [1.165, 1.54) is 11.8 Å². The van der Waals surface area contributed by atoms with E-state index < -0.39 is 29.3 Å². The predicted molar refractivity (Wildman–Crippen MR) is 104 cm³/mol. The van der Waals surface area contributed by atoms with Gasteiger partial charge in [-0.3, -0.25) is 14.9 Å². The summed E-state index contributed by atoms with van der Waals surface area (Å²) in [7, 11) is 0. The van der Waals surface area contributed by atoms with Gasteiger partial charge in [-0.25, -0.2) is 4.79 Å². The number of hydrogen-bond acceptors (Lipinski definition) is 5. The van der Waals surface area contributed by atoms with Crippen LogP contribution in [0.1, 0.15) is 24.7 Å². The summed E-state index contributed by atoms with van der Waals surface area (Å²) >= 11 is 1.33. The minimum atomic E-state index is -1.12. The molecule has 0 unspecified atom stereocenters. The van der Waals surface area contributed by atoms with Gasteiger partial charge in [0.25, 0.3) is 5.91 Å². The third-order valence-electron chi connectivity index (χ3n) is 3.67. The average Bonchev–Trinajstić information content (AvgIpc) is 2.64. The lowest BCUT2D eigenvalue weighted by molar-refractivity contribution is -0.157. The Morgan fingerprint density at radius 3 is 2.04 bits per heavy atom. The molecule has 0 saturated carbocycles. The summed E-state index contributed by atoms with van der Waals surface area (Å²) in [6.45, 7) is 3.45. The van der Waals surface area contributed by atoms with E-state index in [0.29, 0.717) is 0 Å². The number of carbonyl (C=O) groups excluding carboxylic acids is 3. The van der Waals surface area contributed by atoms with E-state index in [1.54, 1.807) is 13.8 Å². The molecule has 142 valence electrons. The number of nitrogens with two attached hydrogens (primary N) is 1. The number of thioether (sulfide) groups is 1. The minimum absolute atomic E-state index is 0.327. The number of nitrogens with one attached hydrogen (secondary N) is 1. The number of ether oxygens (including phenoxy) is 1. The van der Waals surface area contributed by atoms with Crippen LogP contribution in [0.4, 0.5) is 4.79 Å². The topological polar surface area (TPSA) is 98.5 Å². The molecule has 0 spiro atoms.